The third-order valence-electron chi connectivity index (χ3n) is 5.14. The standard InChI is InChI=1S/C26H21F3N4O3S/c27-26(28,29)19-10-4-11-20(15-19)31-23(34)16-22-24(35)33(17-21-12-6-14-36-21)25(37-22)32-30-13-5-9-18-7-2-1-3-8-18/h1-15,22H,16-17H2,(H,31,34)/b9-5+,30-13+,32-25-. The van der Waals surface area contributed by atoms with Gasteiger partial charge in [0.2, 0.25) is 11.8 Å². The van der Waals surface area contributed by atoms with E-state index in [1.54, 1.807) is 18.2 Å². The highest BCUT2D eigenvalue weighted by Gasteiger charge is 2.40. The summed E-state index contributed by atoms with van der Waals surface area (Å²) in [6.45, 7) is 0.0960. The molecule has 1 aliphatic heterocycles. The summed E-state index contributed by atoms with van der Waals surface area (Å²) in [5, 5.41) is 10.1. The van der Waals surface area contributed by atoms with Crippen LogP contribution in [0.2, 0.25) is 0 Å². The second-order valence-electron chi connectivity index (χ2n) is 7.86. The Morgan fingerprint density at radius 3 is 2.65 bits per heavy atom. The van der Waals surface area contributed by atoms with Gasteiger partial charge in [-0.25, -0.2) is 0 Å². The molecule has 1 fully saturated rings. The zero-order chi connectivity index (χ0) is 26.3. The Bertz CT molecular complexity index is 1320. The van der Waals surface area contributed by atoms with E-state index in [1.165, 1.54) is 29.5 Å². The highest BCUT2D eigenvalue weighted by Crippen LogP contribution is 2.33. The third kappa shape index (κ3) is 7.20. The van der Waals surface area contributed by atoms with Gasteiger partial charge >= 0.3 is 6.18 Å². The van der Waals surface area contributed by atoms with Gasteiger partial charge in [-0.3, -0.25) is 14.5 Å². The van der Waals surface area contributed by atoms with Gasteiger partial charge in [-0.2, -0.15) is 18.3 Å². The highest BCUT2D eigenvalue weighted by atomic mass is 32.2. The number of anilines is 1. The fourth-order valence-corrected chi connectivity index (χ4v) is 4.51. The second kappa shape index (κ2) is 11.7. The lowest BCUT2D eigenvalue weighted by molar-refractivity contribution is -0.137. The molecule has 190 valence electrons. The number of allylic oxidation sites excluding steroid dienone is 1. The van der Waals surface area contributed by atoms with Crippen molar-refractivity contribution in [1.29, 1.82) is 0 Å². The number of nitrogens with zero attached hydrogens (tertiary/aromatic N) is 3. The lowest BCUT2D eigenvalue weighted by Gasteiger charge is -2.14. The first-order valence-electron chi connectivity index (χ1n) is 11.1. The van der Waals surface area contributed by atoms with E-state index >= 15 is 0 Å². The molecule has 11 heteroatoms. The Morgan fingerprint density at radius 1 is 1.11 bits per heavy atom. The zero-order valence-electron chi connectivity index (χ0n) is 19.3. The topological polar surface area (TPSA) is 87.3 Å². The molecular formula is C26H21F3N4O3S. The molecule has 0 aliphatic carbocycles. The molecule has 1 unspecified atom stereocenters. The molecule has 7 nitrogen and oxygen atoms in total. The average molecular weight is 527 g/mol. The van der Waals surface area contributed by atoms with Gasteiger partial charge in [0.25, 0.3) is 0 Å². The van der Waals surface area contributed by atoms with Crippen molar-refractivity contribution >= 4 is 46.7 Å². The largest absolute Gasteiger partial charge is 0.467 e. The van der Waals surface area contributed by atoms with Crippen LogP contribution in [0, 0.1) is 0 Å². The molecule has 2 aromatic carbocycles. The highest BCUT2D eigenvalue weighted by molar-refractivity contribution is 8.15. The van der Waals surface area contributed by atoms with Crippen molar-refractivity contribution in [2.75, 3.05) is 5.32 Å². The second-order valence-corrected chi connectivity index (χ2v) is 9.03. The summed E-state index contributed by atoms with van der Waals surface area (Å²) >= 11 is 1.06. The van der Waals surface area contributed by atoms with E-state index in [4.69, 9.17) is 4.42 Å². The smallest absolute Gasteiger partial charge is 0.416 e. The minimum Gasteiger partial charge on any atom is -0.467 e. The minimum absolute atomic E-state index is 0.00796. The fourth-order valence-electron chi connectivity index (χ4n) is 3.41. The molecule has 37 heavy (non-hydrogen) atoms. The zero-order valence-corrected chi connectivity index (χ0v) is 20.1. The number of amidine groups is 1. The van der Waals surface area contributed by atoms with E-state index in [9.17, 15) is 22.8 Å². The number of thioether (sulfide) groups is 1. The van der Waals surface area contributed by atoms with Gasteiger partial charge in [0.1, 0.15) is 11.0 Å². The van der Waals surface area contributed by atoms with Crippen LogP contribution < -0.4 is 5.32 Å². The number of nitrogens with one attached hydrogen (secondary N) is 1. The monoisotopic (exact) mass is 526 g/mol. The Labute approximate surface area is 214 Å². The lowest BCUT2D eigenvalue weighted by Crippen LogP contribution is -2.33. The Hall–Kier alpha value is -4.12. The Balaban J connectivity index is 1.44. The molecular weight excluding hydrogens is 505 g/mol. The first-order chi connectivity index (χ1) is 17.8. The van der Waals surface area contributed by atoms with Crippen molar-refractivity contribution in [3.05, 3.63) is 96.0 Å². The lowest BCUT2D eigenvalue weighted by atomic mass is 10.2. The van der Waals surface area contributed by atoms with E-state index in [0.29, 0.717) is 5.76 Å². The molecule has 1 saturated heterocycles. The van der Waals surface area contributed by atoms with Gasteiger partial charge in [0.05, 0.1) is 18.4 Å². The number of amides is 2. The van der Waals surface area contributed by atoms with Crippen LogP contribution in [0.3, 0.4) is 0 Å². The van der Waals surface area contributed by atoms with E-state index in [1.807, 2.05) is 36.4 Å². The molecule has 0 radical (unpaired) electrons. The van der Waals surface area contributed by atoms with Crippen LogP contribution in [0.25, 0.3) is 6.08 Å². The van der Waals surface area contributed by atoms with E-state index in [0.717, 1.165) is 29.5 Å². The maximum atomic E-state index is 13.1. The summed E-state index contributed by atoms with van der Waals surface area (Å²) in [7, 11) is 0. The number of rotatable bonds is 8. The summed E-state index contributed by atoms with van der Waals surface area (Å²) in [6, 6.07) is 17.3. The van der Waals surface area contributed by atoms with Crippen LogP contribution in [0.5, 0.6) is 0 Å². The van der Waals surface area contributed by atoms with Gasteiger partial charge in [0.15, 0.2) is 5.17 Å². The molecule has 0 spiro atoms. The van der Waals surface area contributed by atoms with Crippen LogP contribution in [0.4, 0.5) is 18.9 Å². The summed E-state index contributed by atoms with van der Waals surface area (Å²) in [5.41, 5.74) is 0.0968. The first kappa shape index (κ1) is 26.0. The van der Waals surface area contributed by atoms with Gasteiger partial charge < -0.3 is 9.73 Å². The maximum absolute atomic E-state index is 13.1. The molecule has 0 bridgehead atoms. The van der Waals surface area contributed by atoms with Crippen molar-refractivity contribution in [3.8, 4) is 0 Å². The van der Waals surface area contributed by atoms with Gasteiger partial charge in [-0.05, 0) is 42.0 Å². The van der Waals surface area contributed by atoms with Crippen LogP contribution in [-0.4, -0.2) is 33.3 Å². The number of halogens is 3. The number of alkyl halides is 3. The molecule has 2 amide bonds. The van der Waals surface area contributed by atoms with Crippen LogP contribution in [-0.2, 0) is 22.3 Å². The molecule has 1 aliphatic rings. The summed E-state index contributed by atoms with van der Waals surface area (Å²) < 4.78 is 44.2. The predicted molar refractivity (Wildman–Crippen MR) is 137 cm³/mol. The summed E-state index contributed by atoms with van der Waals surface area (Å²) in [5.74, 6) is -0.461. The van der Waals surface area contributed by atoms with Crippen molar-refractivity contribution in [2.45, 2.75) is 24.4 Å². The maximum Gasteiger partial charge on any atom is 0.416 e. The summed E-state index contributed by atoms with van der Waals surface area (Å²) in [6.07, 6.45) is 1.71. The van der Waals surface area contributed by atoms with E-state index in [-0.39, 0.29) is 29.7 Å². The molecule has 4 rings (SSSR count). The fraction of sp³-hybridized carbons (Fsp3) is 0.154. The predicted octanol–water partition coefficient (Wildman–Crippen LogP) is 5.83. The van der Waals surface area contributed by atoms with E-state index in [2.05, 4.69) is 15.5 Å². The van der Waals surface area contributed by atoms with Crippen molar-refractivity contribution in [2.24, 2.45) is 10.2 Å². The van der Waals surface area contributed by atoms with Crippen LogP contribution in [0.1, 0.15) is 23.3 Å². The molecule has 2 heterocycles. The minimum atomic E-state index is -4.54. The molecule has 1 N–H and O–H groups in total. The summed E-state index contributed by atoms with van der Waals surface area (Å²) in [4.78, 5) is 27.0. The van der Waals surface area contributed by atoms with Crippen LogP contribution in [0.15, 0.2) is 93.7 Å². The Morgan fingerprint density at radius 2 is 1.92 bits per heavy atom. The quantitative estimate of drug-likeness (QED) is 0.296. The number of furan rings is 1. The number of hydrogen-bond donors (Lipinski definition) is 1. The van der Waals surface area contributed by atoms with Crippen molar-refractivity contribution < 1.29 is 27.2 Å². The Kier molecular flexibility index (Phi) is 8.24. The normalized spacial score (nSPS) is 17.4. The number of benzene rings is 2. The van der Waals surface area contributed by atoms with Crippen molar-refractivity contribution in [3.63, 3.8) is 0 Å². The average Bonchev–Trinajstić information content (AvgIpc) is 3.48. The first-order valence-corrected chi connectivity index (χ1v) is 12.0. The molecule has 1 atom stereocenters. The molecule has 3 aromatic rings. The molecule has 0 saturated carbocycles. The van der Waals surface area contributed by atoms with Crippen LogP contribution >= 0.6 is 11.8 Å². The van der Waals surface area contributed by atoms with E-state index < -0.39 is 22.9 Å². The van der Waals surface area contributed by atoms with Crippen molar-refractivity contribution in [1.82, 2.24) is 4.90 Å². The number of carbonyl (C=O) groups is 2. The van der Waals surface area contributed by atoms with Gasteiger partial charge in [0, 0.05) is 18.3 Å². The number of carbonyl (C=O) groups excluding carboxylic acids is 2. The SMILES string of the molecule is O=C(CC1S\C(=N/N=C/C=C/c2ccccc2)N(Cc2ccco2)C1=O)Nc1cccc(C(F)(F)F)c1. The number of hydrogen-bond acceptors (Lipinski definition) is 6. The third-order valence-corrected chi connectivity index (χ3v) is 6.31. The molecule has 1 aromatic heterocycles. The van der Waals surface area contributed by atoms with Gasteiger partial charge in [-0.1, -0.05) is 54.2 Å². The van der Waals surface area contributed by atoms with Gasteiger partial charge in [-0.15, -0.1) is 5.10 Å².